The Labute approximate surface area is 103 Å². The number of hydrogen-bond acceptors (Lipinski definition) is 3. The van der Waals surface area contributed by atoms with Crippen molar-refractivity contribution in [2.24, 2.45) is 0 Å². The van der Waals surface area contributed by atoms with Crippen molar-refractivity contribution in [3.63, 3.8) is 0 Å². The van der Waals surface area contributed by atoms with Gasteiger partial charge in [0.1, 0.15) is 5.69 Å². The molecule has 1 rings (SSSR count). The highest BCUT2D eigenvalue weighted by atomic mass is 19.4. The summed E-state index contributed by atoms with van der Waals surface area (Å²) in [5.41, 5.74) is 0.888. The van der Waals surface area contributed by atoms with Crippen LogP contribution in [0.1, 0.15) is 23.3 Å². The van der Waals surface area contributed by atoms with Crippen LogP contribution >= 0.6 is 0 Å². The van der Waals surface area contributed by atoms with Crippen LogP contribution in [0.2, 0.25) is 0 Å². The van der Waals surface area contributed by atoms with Gasteiger partial charge in [0.25, 0.3) is 5.91 Å². The van der Waals surface area contributed by atoms with E-state index in [1.807, 2.05) is 0 Å². The molecule has 0 aromatic carbocycles. The van der Waals surface area contributed by atoms with E-state index in [9.17, 15) is 18.0 Å². The van der Waals surface area contributed by atoms with Gasteiger partial charge in [-0.05, 0) is 18.6 Å². The van der Waals surface area contributed by atoms with Gasteiger partial charge in [-0.25, -0.2) is 0 Å². The van der Waals surface area contributed by atoms with Gasteiger partial charge in [0.15, 0.2) is 0 Å². The molecule has 1 aromatic heterocycles. The molecule has 4 nitrogen and oxygen atoms in total. The minimum atomic E-state index is -4.19. The fourth-order valence-electron chi connectivity index (χ4n) is 1.29. The number of hydrogen-bond donors (Lipinski definition) is 2. The molecule has 1 aromatic rings. The number of carbonyl (C=O) groups excluding carboxylic acids is 1. The first-order valence-corrected chi connectivity index (χ1v) is 5.41. The van der Waals surface area contributed by atoms with E-state index in [2.05, 4.69) is 15.6 Å². The van der Waals surface area contributed by atoms with Gasteiger partial charge in [0.05, 0.1) is 0 Å². The Bertz CT molecular complexity index is 407. The summed E-state index contributed by atoms with van der Waals surface area (Å²) < 4.78 is 35.6. The number of alkyl halides is 3. The largest absolute Gasteiger partial charge is 0.389 e. The molecule has 1 heterocycles. The van der Waals surface area contributed by atoms with Crippen molar-refractivity contribution in [1.29, 1.82) is 0 Å². The third-order valence-electron chi connectivity index (χ3n) is 2.20. The molecule has 0 bridgehead atoms. The second-order valence-corrected chi connectivity index (χ2v) is 3.65. The summed E-state index contributed by atoms with van der Waals surface area (Å²) in [6, 6.07) is 3.21. The van der Waals surface area contributed by atoms with Gasteiger partial charge in [-0.15, -0.1) is 0 Å². The minimum Gasteiger partial charge on any atom is -0.388 e. The maximum atomic E-state index is 11.9. The van der Waals surface area contributed by atoms with Crippen LogP contribution in [0.3, 0.4) is 0 Å². The van der Waals surface area contributed by atoms with Gasteiger partial charge in [0.2, 0.25) is 0 Å². The van der Waals surface area contributed by atoms with E-state index in [-0.39, 0.29) is 18.7 Å². The number of pyridine rings is 1. The number of halogens is 3. The van der Waals surface area contributed by atoms with Crippen LogP contribution in [-0.2, 0) is 0 Å². The van der Waals surface area contributed by atoms with Gasteiger partial charge >= 0.3 is 6.18 Å². The molecule has 0 saturated carbocycles. The molecule has 0 atom stereocenters. The molecule has 0 fully saturated rings. The summed E-state index contributed by atoms with van der Waals surface area (Å²) in [4.78, 5) is 15.4. The molecule has 0 unspecified atom stereocenters. The molecule has 18 heavy (non-hydrogen) atoms. The molecule has 0 spiro atoms. The van der Waals surface area contributed by atoms with Crippen molar-refractivity contribution in [2.75, 3.05) is 18.9 Å². The fourth-order valence-corrected chi connectivity index (χ4v) is 1.29. The van der Waals surface area contributed by atoms with E-state index in [0.29, 0.717) is 5.69 Å². The molecule has 0 aliphatic carbocycles. The van der Waals surface area contributed by atoms with Crippen LogP contribution in [0.25, 0.3) is 0 Å². The molecule has 0 aliphatic rings. The molecule has 100 valence electrons. The molecule has 1 amide bonds. The number of nitrogens with one attached hydrogen (secondary N) is 2. The van der Waals surface area contributed by atoms with Crippen molar-refractivity contribution in [1.82, 2.24) is 10.3 Å². The number of nitrogens with zero attached hydrogens (tertiary/aromatic N) is 1. The molecule has 0 radical (unpaired) electrons. The Kier molecular flexibility index (Phi) is 4.94. The van der Waals surface area contributed by atoms with E-state index in [1.54, 1.807) is 13.1 Å². The number of aromatic nitrogens is 1. The van der Waals surface area contributed by atoms with Gasteiger partial charge in [-0.2, -0.15) is 13.2 Å². The van der Waals surface area contributed by atoms with Crippen LogP contribution in [0.15, 0.2) is 18.3 Å². The highest BCUT2D eigenvalue weighted by Gasteiger charge is 2.26. The molecular formula is C11H14F3N3O. The van der Waals surface area contributed by atoms with Crippen molar-refractivity contribution < 1.29 is 18.0 Å². The fraction of sp³-hybridized carbons (Fsp3) is 0.455. The Morgan fingerprint density at radius 3 is 2.78 bits per heavy atom. The molecule has 0 aliphatic heterocycles. The van der Waals surface area contributed by atoms with Crippen LogP contribution in [0, 0.1) is 0 Å². The normalized spacial score (nSPS) is 11.1. The number of rotatable bonds is 5. The average Bonchev–Trinajstić information content (AvgIpc) is 2.33. The smallest absolute Gasteiger partial charge is 0.388 e. The van der Waals surface area contributed by atoms with Gasteiger partial charge in [-0.3, -0.25) is 9.78 Å². The Morgan fingerprint density at radius 1 is 1.44 bits per heavy atom. The summed E-state index contributed by atoms with van der Waals surface area (Å²) in [7, 11) is 1.69. The third-order valence-corrected chi connectivity index (χ3v) is 2.20. The average molecular weight is 261 g/mol. The van der Waals surface area contributed by atoms with E-state index >= 15 is 0 Å². The first-order valence-electron chi connectivity index (χ1n) is 5.41. The molecular weight excluding hydrogens is 247 g/mol. The second-order valence-electron chi connectivity index (χ2n) is 3.65. The minimum absolute atomic E-state index is 0.0240. The maximum absolute atomic E-state index is 11.9. The van der Waals surface area contributed by atoms with E-state index < -0.39 is 18.5 Å². The van der Waals surface area contributed by atoms with Crippen LogP contribution in [0.4, 0.5) is 18.9 Å². The quantitative estimate of drug-likeness (QED) is 0.799. The molecule has 0 saturated heterocycles. The maximum Gasteiger partial charge on any atom is 0.389 e. The molecule has 2 N–H and O–H groups in total. The molecule has 7 heteroatoms. The number of amides is 1. The number of anilines is 1. The van der Waals surface area contributed by atoms with Crippen LogP contribution < -0.4 is 10.6 Å². The van der Waals surface area contributed by atoms with Crippen molar-refractivity contribution in [3.8, 4) is 0 Å². The zero-order chi connectivity index (χ0) is 13.6. The van der Waals surface area contributed by atoms with Gasteiger partial charge in [0, 0.05) is 31.9 Å². The summed E-state index contributed by atoms with van der Waals surface area (Å²) in [5.74, 6) is -0.478. The Balaban J connectivity index is 2.41. The lowest BCUT2D eigenvalue weighted by Crippen LogP contribution is -2.26. The van der Waals surface area contributed by atoms with E-state index in [0.717, 1.165) is 0 Å². The lowest BCUT2D eigenvalue weighted by atomic mass is 10.2. The van der Waals surface area contributed by atoms with Crippen LogP contribution in [0.5, 0.6) is 0 Å². The van der Waals surface area contributed by atoms with Crippen molar-refractivity contribution in [2.45, 2.75) is 19.0 Å². The lowest BCUT2D eigenvalue weighted by molar-refractivity contribution is -0.135. The summed E-state index contributed by atoms with van der Waals surface area (Å²) in [6.45, 7) is -0.0240. The summed E-state index contributed by atoms with van der Waals surface area (Å²) in [6.07, 6.45) is -3.77. The van der Waals surface area contributed by atoms with Gasteiger partial charge in [-0.1, -0.05) is 0 Å². The monoisotopic (exact) mass is 261 g/mol. The van der Waals surface area contributed by atoms with Crippen molar-refractivity contribution >= 4 is 11.6 Å². The van der Waals surface area contributed by atoms with Crippen molar-refractivity contribution in [3.05, 3.63) is 24.0 Å². The van der Waals surface area contributed by atoms with E-state index in [4.69, 9.17) is 0 Å². The zero-order valence-corrected chi connectivity index (χ0v) is 9.84. The zero-order valence-electron chi connectivity index (χ0n) is 9.84. The Morgan fingerprint density at radius 2 is 2.17 bits per heavy atom. The lowest BCUT2D eigenvalue weighted by Gasteiger charge is -2.07. The van der Waals surface area contributed by atoms with E-state index in [1.165, 1.54) is 12.3 Å². The predicted octanol–water partition coefficient (Wildman–Crippen LogP) is 2.20. The standard InChI is InChI=1S/C11H14F3N3O/c1-15-8-3-6-16-9(7-8)10(18)17-5-2-4-11(12,13)14/h3,6-7H,2,4-5H2,1H3,(H,15,16)(H,17,18). The predicted molar refractivity (Wildman–Crippen MR) is 61.4 cm³/mol. The second kappa shape index (κ2) is 6.23. The highest BCUT2D eigenvalue weighted by Crippen LogP contribution is 2.20. The number of carbonyl (C=O) groups is 1. The first-order chi connectivity index (χ1) is 8.42. The van der Waals surface area contributed by atoms with Crippen LogP contribution in [-0.4, -0.2) is 30.7 Å². The highest BCUT2D eigenvalue weighted by molar-refractivity contribution is 5.93. The third kappa shape index (κ3) is 5.03. The summed E-state index contributed by atoms with van der Waals surface area (Å²) >= 11 is 0. The summed E-state index contributed by atoms with van der Waals surface area (Å²) in [5, 5.41) is 5.23. The van der Waals surface area contributed by atoms with Gasteiger partial charge < -0.3 is 10.6 Å². The Hall–Kier alpha value is -1.79. The topological polar surface area (TPSA) is 54.0 Å². The first kappa shape index (κ1) is 14.3. The SMILES string of the molecule is CNc1ccnc(C(=O)NCCCC(F)(F)F)c1.